The van der Waals surface area contributed by atoms with Crippen molar-refractivity contribution < 1.29 is 4.79 Å². The molecule has 0 spiro atoms. The molecule has 3 heteroatoms. The highest BCUT2D eigenvalue weighted by atomic mass is 32.1. The summed E-state index contributed by atoms with van der Waals surface area (Å²) in [6, 6.07) is 11.3. The maximum atomic E-state index is 11.8. The number of carbonyl (C=O) groups is 1. The van der Waals surface area contributed by atoms with E-state index in [0.717, 1.165) is 16.1 Å². The first-order valence-electron chi connectivity index (χ1n) is 4.68. The average molecular weight is 217 g/mol. The minimum Gasteiger partial charge on any atom is -0.322 e. The van der Waals surface area contributed by atoms with Crippen LogP contribution in [0.2, 0.25) is 0 Å². The third kappa shape index (κ3) is 2.25. The second-order valence-electron chi connectivity index (χ2n) is 3.21. The maximum absolute atomic E-state index is 11.8. The first-order chi connectivity index (χ1) is 7.27. The summed E-state index contributed by atoms with van der Waals surface area (Å²) < 4.78 is 0. The van der Waals surface area contributed by atoms with E-state index >= 15 is 0 Å². The van der Waals surface area contributed by atoms with Crippen LogP contribution >= 0.6 is 11.3 Å². The Balaban J connectivity index is 2.15. The molecule has 1 aromatic heterocycles. The van der Waals surface area contributed by atoms with Crippen molar-refractivity contribution in [2.75, 3.05) is 5.32 Å². The van der Waals surface area contributed by atoms with Crippen molar-refractivity contribution >= 4 is 22.9 Å². The SMILES string of the molecule is Cc1sccc1C(=O)Nc1ccccc1. The smallest absolute Gasteiger partial charge is 0.256 e. The molecule has 1 amide bonds. The lowest BCUT2D eigenvalue weighted by atomic mass is 10.2. The summed E-state index contributed by atoms with van der Waals surface area (Å²) in [5.41, 5.74) is 1.58. The summed E-state index contributed by atoms with van der Waals surface area (Å²) in [5.74, 6) is -0.0417. The molecule has 76 valence electrons. The van der Waals surface area contributed by atoms with Gasteiger partial charge in [-0.2, -0.15) is 0 Å². The van der Waals surface area contributed by atoms with Gasteiger partial charge in [0.1, 0.15) is 0 Å². The molecule has 2 aromatic rings. The number of hydrogen-bond acceptors (Lipinski definition) is 2. The molecule has 15 heavy (non-hydrogen) atoms. The number of para-hydroxylation sites is 1. The summed E-state index contributed by atoms with van der Waals surface area (Å²) in [6.45, 7) is 1.95. The van der Waals surface area contributed by atoms with Gasteiger partial charge in [0.2, 0.25) is 0 Å². The Morgan fingerprint density at radius 1 is 1.20 bits per heavy atom. The van der Waals surface area contributed by atoms with Gasteiger partial charge in [0.15, 0.2) is 0 Å². The van der Waals surface area contributed by atoms with Crippen molar-refractivity contribution in [2.24, 2.45) is 0 Å². The minimum absolute atomic E-state index is 0.0417. The fraction of sp³-hybridized carbons (Fsp3) is 0.0833. The van der Waals surface area contributed by atoms with Crippen molar-refractivity contribution in [3.05, 3.63) is 52.2 Å². The van der Waals surface area contributed by atoms with Gasteiger partial charge in [-0.25, -0.2) is 0 Å². The summed E-state index contributed by atoms with van der Waals surface area (Å²) in [4.78, 5) is 12.8. The van der Waals surface area contributed by atoms with Crippen molar-refractivity contribution in [3.63, 3.8) is 0 Å². The standard InChI is InChI=1S/C12H11NOS/c1-9-11(7-8-15-9)12(14)13-10-5-3-2-4-6-10/h2-8H,1H3,(H,13,14). The highest BCUT2D eigenvalue weighted by Crippen LogP contribution is 2.16. The lowest BCUT2D eigenvalue weighted by Gasteiger charge is -2.03. The van der Waals surface area contributed by atoms with Crippen LogP contribution < -0.4 is 5.32 Å². The van der Waals surface area contributed by atoms with Gasteiger partial charge in [-0.3, -0.25) is 4.79 Å². The Morgan fingerprint density at radius 3 is 2.53 bits per heavy atom. The summed E-state index contributed by atoms with van der Waals surface area (Å²) in [6.07, 6.45) is 0. The van der Waals surface area contributed by atoms with E-state index in [9.17, 15) is 4.79 Å². The lowest BCUT2D eigenvalue weighted by Crippen LogP contribution is -2.11. The van der Waals surface area contributed by atoms with Gasteiger partial charge in [0.25, 0.3) is 5.91 Å². The van der Waals surface area contributed by atoms with E-state index in [1.807, 2.05) is 48.7 Å². The van der Waals surface area contributed by atoms with Crippen molar-refractivity contribution in [1.29, 1.82) is 0 Å². The van der Waals surface area contributed by atoms with Crippen LogP contribution in [0.15, 0.2) is 41.8 Å². The molecule has 1 aromatic carbocycles. The van der Waals surface area contributed by atoms with Crippen LogP contribution in [0, 0.1) is 6.92 Å². The lowest BCUT2D eigenvalue weighted by molar-refractivity contribution is 0.102. The number of aryl methyl sites for hydroxylation is 1. The van der Waals surface area contributed by atoms with E-state index in [2.05, 4.69) is 5.32 Å². The van der Waals surface area contributed by atoms with Gasteiger partial charge in [-0.1, -0.05) is 18.2 Å². The number of rotatable bonds is 2. The molecule has 0 radical (unpaired) electrons. The molecule has 2 nitrogen and oxygen atoms in total. The molecule has 0 bridgehead atoms. The number of anilines is 1. The molecule has 1 heterocycles. The normalized spacial score (nSPS) is 9.93. The predicted octanol–water partition coefficient (Wildman–Crippen LogP) is 3.31. The zero-order valence-electron chi connectivity index (χ0n) is 8.36. The number of nitrogens with one attached hydrogen (secondary N) is 1. The summed E-state index contributed by atoms with van der Waals surface area (Å²) in [5, 5.41) is 4.78. The summed E-state index contributed by atoms with van der Waals surface area (Å²) >= 11 is 1.58. The molecule has 0 aliphatic rings. The Kier molecular flexibility index (Phi) is 2.83. The molecule has 2 rings (SSSR count). The number of amides is 1. The quantitative estimate of drug-likeness (QED) is 0.821. The molecule has 0 saturated heterocycles. The highest BCUT2D eigenvalue weighted by Gasteiger charge is 2.09. The fourth-order valence-corrected chi connectivity index (χ4v) is 2.04. The minimum atomic E-state index is -0.0417. The van der Waals surface area contributed by atoms with Gasteiger partial charge < -0.3 is 5.32 Å². The Morgan fingerprint density at radius 2 is 1.93 bits per heavy atom. The van der Waals surface area contributed by atoms with Crippen LogP contribution in [0.4, 0.5) is 5.69 Å². The topological polar surface area (TPSA) is 29.1 Å². The zero-order valence-corrected chi connectivity index (χ0v) is 9.17. The predicted molar refractivity (Wildman–Crippen MR) is 63.5 cm³/mol. The molecular formula is C12H11NOS. The van der Waals surface area contributed by atoms with E-state index in [1.54, 1.807) is 11.3 Å². The second-order valence-corrected chi connectivity index (χ2v) is 4.33. The fourth-order valence-electron chi connectivity index (χ4n) is 1.34. The van der Waals surface area contributed by atoms with Crippen LogP contribution in [0.3, 0.4) is 0 Å². The third-order valence-electron chi connectivity index (χ3n) is 2.14. The van der Waals surface area contributed by atoms with Crippen LogP contribution in [0.5, 0.6) is 0 Å². The largest absolute Gasteiger partial charge is 0.322 e. The van der Waals surface area contributed by atoms with Gasteiger partial charge in [0.05, 0.1) is 5.56 Å². The Hall–Kier alpha value is -1.61. The van der Waals surface area contributed by atoms with Crippen molar-refractivity contribution in [1.82, 2.24) is 0 Å². The molecule has 0 saturated carbocycles. The van der Waals surface area contributed by atoms with Gasteiger partial charge in [0, 0.05) is 10.6 Å². The zero-order chi connectivity index (χ0) is 10.7. The van der Waals surface area contributed by atoms with E-state index in [0.29, 0.717) is 0 Å². The molecular weight excluding hydrogens is 206 g/mol. The first-order valence-corrected chi connectivity index (χ1v) is 5.56. The maximum Gasteiger partial charge on any atom is 0.256 e. The third-order valence-corrected chi connectivity index (χ3v) is 2.98. The van der Waals surface area contributed by atoms with E-state index < -0.39 is 0 Å². The number of carbonyl (C=O) groups excluding carboxylic acids is 1. The Bertz CT molecular complexity index is 461. The number of hydrogen-bond donors (Lipinski definition) is 1. The van der Waals surface area contributed by atoms with Crippen molar-refractivity contribution in [3.8, 4) is 0 Å². The van der Waals surface area contributed by atoms with Crippen LogP contribution in [0.1, 0.15) is 15.2 Å². The van der Waals surface area contributed by atoms with E-state index in [-0.39, 0.29) is 5.91 Å². The van der Waals surface area contributed by atoms with Crippen LogP contribution in [-0.4, -0.2) is 5.91 Å². The molecule has 1 N–H and O–H groups in total. The number of thiophene rings is 1. The number of benzene rings is 1. The molecule has 0 aliphatic carbocycles. The second kappa shape index (κ2) is 4.28. The monoisotopic (exact) mass is 217 g/mol. The molecule has 0 atom stereocenters. The molecule has 0 unspecified atom stereocenters. The molecule has 0 aliphatic heterocycles. The van der Waals surface area contributed by atoms with Gasteiger partial charge >= 0.3 is 0 Å². The van der Waals surface area contributed by atoms with Crippen molar-refractivity contribution in [2.45, 2.75) is 6.92 Å². The average Bonchev–Trinajstić information content (AvgIpc) is 2.66. The van der Waals surface area contributed by atoms with Gasteiger partial charge in [-0.05, 0) is 30.5 Å². The van der Waals surface area contributed by atoms with E-state index in [1.165, 1.54) is 0 Å². The van der Waals surface area contributed by atoms with Crippen LogP contribution in [-0.2, 0) is 0 Å². The Labute approximate surface area is 92.6 Å². The highest BCUT2D eigenvalue weighted by molar-refractivity contribution is 7.10. The first kappa shape index (κ1) is 9.93. The summed E-state index contributed by atoms with van der Waals surface area (Å²) in [7, 11) is 0. The molecule has 0 fully saturated rings. The van der Waals surface area contributed by atoms with Crippen LogP contribution in [0.25, 0.3) is 0 Å². The van der Waals surface area contributed by atoms with Gasteiger partial charge in [-0.15, -0.1) is 11.3 Å². The van der Waals surface area contributed by atoms with E-state index in [4.69, 9.17) is 0 Å².